The summed E-state index contributed by atoms with van der Waals surface area (Å²) in [4.78, 5) is 0. The molecule has 2 saturated carbocycles. The highest BCUT2D eigenvalue weighted by Gasteiger charge is 2.26. The highest BCUT2D eigenvalue weighted by Crippen LogP contribution is 2.40. The van der Waals surface area contributed by atoms with Gasteiger partial charge in [-0.15, -0.1) is 0 Å². The van der Waals surface area contributed by atoms with Crippen molar-refractivity contribution in [3.8, 4) is 5.75 Å². The molecule has 0 spiro atoms. The zero-order valence-electron chi connectivity index (χ0n) is 22.3. The van der Waals surface area contributed by atoms with E-state index in [4.69, 9.17) is 4.74 Å². The molecule has 2 aromatic carbocycles. The second-order valence-corrected chi connectivity index (χ2v) is 11.0. The summed E-state index contributed by atoms with van der Waals surface area (Å²) in [6.45, 7) is 4.36. The van der Waals surface area contributed by atoms with Crippen molar-refractivity contribution in [1.82, 2.24) is 0 Å². The topological polar surface area (TPSA) is 9.23 Å². The molecule has 0 saturated heterocycles. The summed E-state index contributed by atoms with van der Waals surface area (Å²) in [5.74, 6) is 0.765. The molecule has 2 fully saturated rings. The van der Waals surface area contributed by atoms with Gasteiger partial charge in [0.2, 0.25) is 5.82 Å². The van der Waals surface area contributed by atoms with E-state index >= 15 is 0 Å². The lowest BCUT2D eigenvalue weighted by Gasteiger charge is -2.29. The Labute approximate surface area is 217 Å². The van der Waals surface area contributed by atoms with Crippen molar-refractivity contribution in [2.75, 3.05) is 6.61 Å². The smallest absolute Gasteiger partial charge is 0.200 e. The van der Waals surface area contributed by atoms with Gasteiger partial charge in [-0.3, -0.25) is 0 Å². The number of hydrogen-bond acceptors (Lipinski definition) is 1. The van der Waals surface area contributed by atoms with Crippen LogP contribution in [0.1, 0.15) is 113 Å². The van der Waals surface area contributed by atoms with Crippen LogP contribution in [0.4, 0.5) is 8.78 Å². The number of rotatable bonds is 10. The first kappa shape index (κ1) is 26.9. The van der Waals surface area contributed by atoms with Crippen molar-refractivity contribution in [3.05, 3.63) is 76.9 Å². The summed E-state index contributed by atoms with van der Waals surface area (Å²) in [6.07, 6.45) is 18.9. The van der Waals surface area contributed by atoms with Crippen LogP contribution in [-0.2, 0) is 6.42 Å². The van der Waals surface area contributed by atoms with Crippen molar-refractivity contribution in [1.29, 1.82) is 0 Å². The Morgan fingerprint density at radius 2 is 1.50 bits per heavy atom. The van der Waals surface area contributed by atoms with Crippen LogP contribution in [0, 0.1) is 23.5 Å². The normalized spacial score (nSPS) is 24.8. The molecule has 2 aliphatic carbocycles. The van der Waals surface area contributed by atoms with Crippen LogP contribution in [0.25, 0.3) is 0 Å². The van der Waals surface area contributed by atoms with Gasteiger partial charge in [0.1, 0.15) is 0 Å². The minimum Gasteiger partial charge on any atom is -0.491 e. The maximum absolute atomic E-state index is 14.6. The molecule has 0 N–H and O–H groups in total. The Hall–Kier alpha value is -2.16. The summed E-state index contributed by atoms with van der Waals surface area (Å²) >= 11 is 0. The van der Waals surface area contributed by atoms with E-state index in [1.165, 1.54) is 56.1 Å². The molecule has 36 heavy (non-hydrogen) atoms. The second kappa shape index (κ2) is 13.4. The third-order valence-electron chi connectivity index (χ3n) is 8.57. The van der Waals surface area contributed by atoms with Crippen molar-refractivity contribution < 1.29 is 13.5 Å². The van der Waals surface area contributed by atoms with Gasteiger partial charge >= 0.3 is 0 Å². The highest BCUT2D eigenvalue weighted by atomic mass is 19.2. The van der Waals surface area contributed by atoms with Gasteiger partial charge in [0.15, 0.2) is 11.6 Å². The Kier molecular flexibility index (Phi) is 10.0. The van der Waals surface area contributed by atoms with E-state index < -0.39 is 11.6 Å². The van der Waals surface area contributed by atoms with Gasteiger partial charge in [-0.05, 0) is 124 Å². The molecule has 196 valence electrons. The van der Waals surface area contributed by atoms with Crippen LogP contribution in [-0.4, -0.2) is 6.61 Å². The molecule has 0 aliphatic heterocycles. The molecule has 0 unspecified atom stereocenters. The molecule has 2 aromatic rings. The molecule has 3 heteroatoms. The number of halogens is 2. The zero-order valence-corrected chi connectivity index (χ0v) is 22.3. The number of hydrogen-bond donors (Lipinski definition) is 0. The second-order valence-electron chi connectivity index (χ2n) is 11.0. The predicted molar refractivity (Wildman–Crippen MR) is 146 cm³/mol. The molecule has 4 rings (SSSR count). The van der Waals surface area contributed by atoms with Crippen LogP contribution < -0.4 is 4.74 Å². The Morgan fingerprint density at radius 3 is 2.17 bits per heavy atom. The molecular formula is C33H44F2O. The van der Waals surface area contributed by atoms with Gasteiger partial charge in [-0.25, -0.2) is 4.39 Å². The fourth-order valence-corrected chi connectivity index (χ4v) is 6.40. The molecule has 0 atom stereocenters. The first-order valence-corrected chi connectivity index (χ1v) is 14.4. The molecule has 0 amide bonds. The molecule has 0 bridgehead atoms. The third-order valence-corrected chi connectivity index (χ3v) is 8.57. The van der Waals surface area contributed by atoms with Crippen LogP contribution in [0.15, 0.2) is 48.6 Å². The van der Waals surface area contributed by atoms with Gasteiger partial charge in [-0.2, -0.15) is 4.39 Å². The molecule has 0 heterocycles. The van der Waals surface area contributed by atoms with Crippen molar-refractivity contribution in [2.45, 2.75) is 103 Å². The lowest BCUT2D eigenvalue weighted by atomic mass is 9.76. The van der Waals surface area contributed by atoms with E-state index in [1.54, 1.807) is 19.1 Å². The number of allylic oxidation sites excluding steroid dienone is 2. The predicted octanol–water partition coefficient (Wildman–Crippen LogP) is 9.90. The average Bonchev–Trinajstić information content (AvgIpc) is 2.91. The van der Waals surface area contributed by atoms with Gasteiger partial charge < -0.3 is 4.74 Å². The maximum atomic E-state index is 14.6. The van der Waals surface area contributed by atoms with E-state index in [0.29, 0.717) is 18.1 Å². The minimum atomic E-state index is -0.833. The third kappa shape index (κ3) is 6.99. The average molecular weight is 495 g/mol. The molecule has 1 nitrogen and oxygen atoms in total. The molecular weight excluding hydrogens is 450 g/mol. The Morgan fingerprint density at radius 1 is 0.806 bits per heavy atom. The van der Waals surface area contributed by atoms with E-state index in [1.807, 2.05) is 0 Å². The van der Waals surface area contributed by atoms with Gasteiger partial charge in [0, 0.05) is 0 Å². The summed E-state index contributed by atoms with van der Waals surface area (Å²) < 4.78 is 34.1. The van der Waals surface area contributed by atoms with Gasteiger partial charge in [0.05, 0.1) is 6.61 Å². The van der Waals surface area contributed by atoms with Crippen molar-refractivity contribution in [2.24, 2.45) is 11.8 Å². The van der Waals surface area contributed by atoms with E-state index in [2.05, 4.69) is 43.3 Å². The van der Waals surface area contributed by atoms with Gasteiger partial charge in [0.25, 0.3) is 0 Å². The number of aryl methyl sites for hydroxylation is 1. The van der Waals surface area contributed by atoms with Crippen molar-refractivity contribution >= 4 is 0 Å². The van der Waals surface area contributed by atoms with E-state index in [0.717, 1.165) is 43.9 Å². The zero-order chi connectivity index (χ0) is 25.3. The first-order chi connectivity index (χ1) is 17.6. The fraction of sp³-hybridized carbons (Fsp3) is 0.576. The first-order valence-electron chi connectivity index (χ1n) is 14.4. The highest BCUT2D eigenvalue weighted by molar-refractivity contribution is 5.33. The minimum absolute atomic E-state index is 0.0220. The summed E-state index contributed by atoms with van der Waals surface area (Å²) in [5.41, 5.74) is 3.52. The lowest BCUT2D eigenvalue weighted by molar-refractivity contribution is 0.297. The standard InChI is InChI=1S/C33H44F2O/c1-3-7-24-10-16-27(17-11-24)28-18-12-25(13-19-28)8-5-6-9-26-14-20-29(21-15-26)30-22-23-31(36-4-2)33(35)32(30)34/h5,8,10-11,16-17,22-23,25-26,28-29H,3-4,6-7,9,12-15,18-21H2,1-2H3/b8-5+/t25-,26?,28-,29?. The monoisotopic (exact) mass is 494 g/mol. The number of ether oxygens (including phenoxy) is 1. The SMILES string of the molecule is CCCc1ccc([C@H]2CC[C@H](/C=C/CCC3CCC(c4ccc(OCC)c(F)c4F)CC3)CC2)cc1. The molecule has 0 aromatic heterocycles. The summed E-state index contributed by atoms with van der Waals surface area (Å²) in [5, 5.41) is 0. The lowest BCUT2D eigenvalue weighted by Crippen LogP contribution is -2.15. The van der Waals surface area contributed by atoms with Crippen LogP contribution >= 0.6 is 0 Å². The van der Waals surface area contributed by atoms with E-state index in [-0.39, 0.29) is 11.7 Å². The van der Waals surface area contributed by atoms with Crippen molar-refractivity contribution in [3.63, 3.8) is 0 Å². The quantitative estimate of drug-likeness (QED) is 0.299. The maximum Gasteiger partial charge on any atom is 0.200 e. The largest absolute Gasteiger partial charge is 0.491 e. The fourth-order valence-electron chi connectivity index (χ4n) is 6.40. The van der Waals surface area contributed by atoms with Crippen LogP contribution in [0.5, 0.6) is 5.75 Å². The Balaban J connectivity index is 1.15. The summed E-state index contributed by atoms with van der Waals surface area (Å²) in [7, 11) is 0. The van der Waals surface area contributed by atoms with Crippen LogP contribution in [0.3, 0.4) is 0 Å². The summed E-state index contributed by atoms with van der Waals surface area (Å²) in [6, 6.07) is 12.7. The molecule has 2 aliphatic rings. The van der Waals surface area contributed by atoms with Gasteiger partial charge in [-0.1, -0.05) is 55.8 Å². The molecule has 0 radical (unpaired) electrons. The van der Waals surface area contributed by atoms with E-state index in [9.17, 15) is 8.78 Å². The van der Waals surface area contributed by atoms with Crippen LogP contribution in [0.2, 0.25) is 0 Å². The number of benzene rings is 2. The Bertz CT molecular complexity index is 964.